The molecule has 0 unspecified atom stereocenters. The monoisotopic (exact) mass is 330 g/mol. The van der Waals surface area contributed by atoms with Crippen molar-refractivity contribution in [3.8, 4) is 0 Å². The first-order valence-electron chi connectivity index (χ1n) is 5.72. The molecule has 0 aromatic heterocycles. The Balaban J connectivity index is 0. The van der Waals surface area contributed by atoms with E-state index >= 15 is 0 Å². The highest BCUT2D eigenvalue weighted by Crippen LogP contribution is 2.56. The van der Waals surface area contributed by atoms with Crippen molar-refractivity contribution in [3.05, 3.63) is 0 Å². The van der Waals surface area contributed by atoms with Gasteiger partial charge in [0.05, 0.1) is 0 Å². The summed E-state index contributed by atoms with van der Waals surface area (Å²) in [5.41, 5.74) is 0. The Morgan fingerprint density at radius 3 is 2.00 bits per heavy atom. The summed E-state index contributed by atoms with van der Waals surface area (Å²) in [6, 6.07) is 0. The minimum Gasteiger partial charge on any atom is -0.464 e. The maximum absolute atomic E-state index is 10.9. The fourth-order valence-electron chi connectivity index (χ4n) is 1.32. The van der Waals surface area contributed by atoms with Crippen LogP contribution in [0.2, 0.25) is 0 Å². The molecule has 0 aliphatic carbocycles. The van der Waals surface area contributed by atoms with Crippen LogP contribution in [0.3, 0.4) is 0 Å². The molecule has 0 aromatic carbocycles. The van der Waals surface area contributed by atoms with Crippen LogP contribution in [0.5, 0.6) is 0 Å². The Bertz CT molecular complexity index is 269. The molecule has 0 aromatic rings. The number of rotatable bonds is 6. The van der Waals surface area contributed by atoms with E-state index in [4.69, 9.17) is 17.3 Å². The fraction of sp³-hybridized carbons (Fsp3) is 0.800. The van der Waals surface area contributed by atoms with E-state index in [1.165, 1.54) is 10.8 Å². The molecule has 1 amide bonds. The number of hydrogen-bond donors (Lipinski definition) is 2. The second-order valence-corrected chi connectivity index (χ2v) is 9.91. The third kappa shape index (κ3) is 6.40. The predicted molar refractivity (Wildman–Crippen MR) is 90.5 cm³/mol. The number of carboxylic acid groups (broad SMARTS) is 1. The molecule has 4 nitrogen and oxygen atoms in total. The smallest absolute Gasteiger partial charge is 0.414 e. The number of nitrogens with zero attached hydrogens (tertiary/aromatic N) is 1. The van der Waals surface area contributed by atoms with E-state index in [-0.39, 0.29) is 13.5 Å². The van der Waals surface area contributed by atoms with Crippen molar-refractivity contribution in [2.24, 2.45) is 0 Å². The average Bonchev–Trinajstić information content (AvgIpc) is 2.29. The summed E-state index contributed by atoms with van der Waals surface area (Å²) in [4.78, 5) is 12.9. The standard InChI is InChI=1S/C10H22N2O2S3.S/c1-5-12(6-2)10(15)16-17(7-3,8-4)11-9(13)14;/h11H,5-8H2,1-4H3,(H,13,14);. The maximum Gasteiger partial charge on any atom is 0.414 e. The SMILES string of the molecule is CCN(CC)C(=S)SS(CC)(CC)NC(=O)O.[S]. The largest absolute Gasteiger partial charge is 0.464 e. The van der Waals surface area contributed by atoms with Gasteiger partial charge in [0.25, 0.3) is 0 Å². The van der Waals surface area contributed by atoms with E-state index in [2.05, 4.69) is 23.5 Å². The van der Waals surface area contributed by atoms with E-state index in [1.54, 1.807) is 0 Å². The van der Waals surface area contributed by atoms with E-state index in [0.29, 0.717) is 0 Å². The van der Waals surface area contributed by atoms with Crippen molar-refractivity contribution in [3.63, 3.8) is 0 Å². The zero-order chi connectivity index (χ0) is 13.5. The molecule has 0 bridgehead atoms. The summed E-state index contributed by atoms with van der Waals surface area (Å²) in [5, 5.41) is 8.92. The lowest BCUT2D eigenvalue weighted by molar-refractivity contribution is 0.201. The van der Waals surface area contributed by atoms with Crippen molar-refractivity contribution in [2.75, 3.05) is 24.6 Å². The normalized spacial score (nSPS) is 11.3. The Kier molecular flexibility index (Phi) is 11.5. The number of nitrogens with one attached hydrogen (secondary N) is 1. The molecule has 0 atom stereocenters. The van der Waals surface area contributed by atoms with Gasteiger partial charge in [-0.15, -0.1) is 9.25 Å². The molecule has 18 heavy (non-hydrogen) atoms. The van der Waals surface area contributed by atoms with Crippen molar-refractivity contribution in [1.29, 1.82) is 0 Å². The van der Waals surface area contributed by atoms with Crippen LogP contribution in [-0.4, -0.2) is 45.0 Å². The fourth-order valence-corrected chi connectivity index (χ4v) is 6.86. The lowest BCUT2D eigenvalue weighted by Crippen LogP contribution is -2.32. The molecule has 108 valence electrons. The predicted octanol–water partition coefficient (Wildman–Crippen LogP) is 3.94. The quantitative estimate of drug-likeness (QED) is 0.571. The van der Waals surface area contributed by atoms with Gasteiger partial charge in [0.15, 0.2) is 0 Å². The first-order valence-corrected chi connectivity index (χ1v) is 9.43. The van der Waals surface area contributed by atoms with E-state index in [1.807, 2.05) is 13.8 Å². The van der Waals surface area contributed by atoms with E-state index in [0.717, 1.165) is 28.9 Å². The first-order chi connectivity index (χ1) is 7.94. The third-order valence-electron chi connectivity index (χ3n) is 2.46. The van der Waals surface area contributed by atoms with Crippen LogP contribution in [0.25, 0.3) is 0 Å². The van der Waals surface area contributed by atoms with Gasteiger partial charge >= 0.3 is 6.09 Å². The Labute approximate surface area is 128 Å². The van der Waals surface area contributed by atoms with Crippen LogP contribution in [0.15, 0.2) is 0 Å². The van der Waals surface area contributed by atoms with Gasteiger partial charge in [0, 0.05) is 38.1 Å². The second kappa shape index (κ2) is 10.1. The minimum absolute atomic E-state index is 0. The lowest BCUT2D eigenvalue weighted by atomic mass is 10.6. The van der Waals surface area contributed by atoms with Crippen LogP contribution >= 0.6 is 45.8 Å². The molecule has 0 saturated heterocycles. The van der Waals surface area contributed by atoms with E-state index < -0.39 is 15.3 Å². The molecule has 0 aliphatic rings. The summed E-state index contributed by atoms with van der Waals surface area (Å²) < 4.78 is 3.47. The van der Waals surface area contributed by atoms with Gasteiger partial charge in [0.1, 0.15) is 4.32 Å². The molecule has 8 heteroatoms. The van der Waals surface area contributed by atoms with Crippen LogP contribution in [0.4, 0.5) is 4.79 Å². The van der Waals surface area contributed by atoms with Crippen molar-refractivity contribution in [2.45, 2.75) is 27.7 Å². The van der Waals surface area contributed by atoms with Gasteiger partial charge in [-0.2, -0.15) is 0 Å². The van der Waals surface area contributed by atoms with Gasteiger partial charge < -0.3 is 10.0 Å². The molecule has 0 heterocycles. The Hall–Kier alpha value is 0.210. The third-order valence-corrected chi connectivity index (χ3v) is 9.51. The molecular weight excluding hydrogens is 308 g/mol. The molecule has 0 saturated carbocycles. The van der Waals surface area contributed by atoms with Gasteiger partial charge in [-0.25, -0.2) is 4.79 Å². The van der Waals surface area contributed by atoms with Gasteiger partial charge in [-0.1, -0.05) is 26.1 Å². The molecule has 2 N–H and O–H groups in total. The van der Waals surface area contributed by atoms with Gasteiger partial charge in [0.2, 0.25) is 0 Å². The van der Waals surface area contributed by atoms with Crippen molar-refractivity contribution in [1.82, 2.24) is 9.62 Å². The Morgan fingerprint density at radius 1 is 1.28 bits per heavy atom. The average molecular weight is 331 g/mol. The highest BCUT2D eigenvalue weighted by atomic mass is 33.2. The zero-order valence-electron chi connectivity index (χ0n) is 11.3. The number of carbonyl (C=O) groups is 1. The van der Waals surface area contributed by atoms with Crippen LogP contribution < -0.4 is 4.72 Å². The molecule has 2 radical (unpaired) electrons. The summed E-state index contributed by atoms with van der Waals surface area (Å²) in [7, 11) is 0.0748. The highest BCUT2D eigenvalue weighted by molar-refractivity contribution is 8.98. The Morgan fingerprint density at radius 2 is 1.72 bits per heavy atom. The zero-order valence-corrected chi connectivity index (χ0v) is 14.5. The van der Waals surface area contributed by atoms with Crippen LogP contribution in [-0.2, 0) is 0 Å². The molecule has 0 aliphatic heterocycles. The van der Waals surface area contributed by atoms with Crippen LogP contribution in [0.1, 0.15) is 27.7 Å². The molecule has 0 rings (SSSR count). The summed E-state index contributed by atoms with van der Waals surface area (Å²) in [5.74, 6) is 1.59. The second-order valence-electron chi connectivity index (χ2n) is 3.32. The summed E-state index contributed by atoms with van der Waals surface area (Å²) in [6.45, 7) is 9.84. The van der Waals surface area contributed by atoms with E-state index in [9.17, 15) is 4.79 Å². The summed E-state index contributed by atoms with van der Waals surface area (Å²) >= 11 is 5.38. The molecule has 0 spiro atoms. The maximum atomic E-state index is 10.9. The number of amides is 1. The minimum atomic E-state index is -1.45. The van der Waals surface area contributed by atoms with Crippen molar-refractivity contribution >= 4 is 56.2 Å². The topological polar surface area (TPSA) is 52.6 Å². The molecule has 0 fully saturated rings. The van der Waals surface area contributed by atoms with Gasteiger partial charge in [-0.05, 0) is 24.6 Å². The lowest BCUT2D eigenvalue weighted by Gasteiger charge is -2.38. The first kappa shape index (κ1) is 20.5. The number of hydrogen-bond acceptors (Lipinski definition) is 3. The number of thiocarbonyl (C=S) groups is 1. The molecular formula is C10H22N2O2S4. The van der Waals surface area contributed by atoms with Crippen molar-refractivity contribution < 1.29 is 9.90 Å². The summed E-state index contributed by atoms with van der Waals surface area (Å²) in [6.07, 6.45) is -0.960. The van der Waals surface area contributed by atoms with Crippen LogP contribution in [0, 0.1) is 0 Å². The highest BCUT2D eigenvalue weighted by Gasteiger charge is 2.26. The van der Waals surface area contributed by atoms with Gasteiger partial charge in [-0.3, -0.25) is 4.72 Å².